The summed E-state index contributed by atoms with van der Waals surface area (Å²) in [7, 11) is -6.44. The molecule has 6 unspecified atom stereocenters. The Morgan fingerprint density at radius 3 is 2.29 bits per heavy atom. The molecule has 0 saturated heterocycles. The van der Waals surface area contributed by atoms with Gasteiger partial charge in [0, 0.05) is 11.8 Å². The summed E-state index contributed by atoms with van der Waals surface area (Å²) in [6, 6.07) is 0. The highest BCUT2D eigenvalue weighted by Gasteiger charge is 2.87. The van der Waals surface area contributed by atoms with Crippen molar-refractivity contribution in [2.75, 3.05) is 0 Å². The fourth-order valence-corrected chi connectivity index (χ4v) is 6.05. The van der Waals surface area contributed by atoms with E-state index >= 15 is 0 Å². The summed E-state index contributed by atoms with van der Waals surface area (Å²) < 4.78 is 87.7. The van der Waals surface area contributed by atoms with Crippen LogP contribution in [-0.4, -0.2) is 46.4 Å². The summed E-state index contributed by atoms with van der Waals surface area (Å²) in [6.45, 7) is 0. The minimum Gasteiger partial charge on any atom is -0.455 e. The van der Waals surface area contributed by atoms with Gasteiger partial charge in [-0.3, -0.25) is 4.55 Å². The number of rotatable bonds is 3. The van der Waals surface area contributed by atoms with E-state index in [0.717, 1.165) is 0 Å². The molecule has 0 amide bonds. The van der Waals surface area contributed by atoms with Gasteiger partial charge in [-0.1, -0.05) is 0 Å². The molecular formula is C13H14F4O6S. The molecule has 1 spiro atoms. The lowest BCUT2D eigenvalue weighted by Crippen LogP contribution is -2.57. The van der Waals surface area contributed by atoms with Gasteiger partial charge in [0.2, 0.25) is 0 Å². The molecule has 4 aliphatic carbocycles. The average molecular weight is 374 g/mol. The van der Waals surface area contributed by atoms with E-state index in [2.05, 4.69) is 0 Å². The maximum absolute atomic E-state index is 14.1. The zero-order valence-corrected chi connectivity index (χ0v) is 13.0. The Morgan fingerprint density at radius 2 is 1.75 bits per heavy atom. The molecule has 11 heteroatoms. The topological polar surface area (TPSA) is 101 Å². The smallest absolute Gasteiger partial charge is 0.451 e. The van der Waals surface area contributed by atoms with E-state index < -0.39 is 43.9 Å². The van der Waals surface area contributed by atoms with E-state index in [9.17, 15) is 35.9 Å². The SMILES string of the molecule is O=C(OC12CC3(O)CC4CC1(C2)C4C3)C(F)(C(F)(F)F)S(=O)(=O)O. The summed E-state index contributed by atoms with van der Waals surface area (Å²) in [4.78, 5) is 11.8. The molecular weight excluding hydrogens is 360 g/mol. The molecule has 0 heterocycles. The summed E-state index contributed by atoms with van der Waals surface area (Å²) in [5.41, 5.74) is -3.27. The first-order valence-corrected chi connectivity index (χ1v) is 8.82. The Kier molecular flexibility index (Phi) is 2.69. The van der Waals surface area contributed by atoms with Gasteiger partial charge in [-0.05, 0) is 37.5 Å². The number of carbonyl (C=O) groups is 1. The molecule has 0 aromatic rings. The number of halogens is 4. The number of hydrogen-bond acceptors (Lipinski definition) is 5. The lowest BCUT2D eigenvalue weighted by atomic mass is 9.60. The number of fused-ring (bicyclic) bond motifs is 1. The summed E-state index contributed by atoms with van der Waals surface area (Å²) in [5, 5.41) is 4.90. The highest BCUT2D eigenvalue weighted by Crippen LogP contribution is 2.84. The maximum atomic E-state index is 14.1. The zero-order valence-electron chi connectivity index (χ0n) is 12.1. The van der Waals surface area contributed by atoms with Gasteiger partial charge in [0.1, 0.15) is 5.60 Å². The molecule has 2 bridgehead atoms. The van der Waals surface area contributed by atoms with Crippen molar-refractivity contribution < 1.29 is 45.2 Å². The molecule has 4 rings (SSSR count). The normalized spacial score (nSPS) is 48.1. The van der Waals surface area contributed by atoms with E-state index in [0.29, 0.717) is 19.3 Å². The van der Waals surface area contributed by atoms with Crippen molar-refractivity contribution in [1.29, 1.82) is 0 Å². The van der Waals surface area contributed by atoms with Crippen LogP contribution in [0, 0.1) is 17.3 Å². The molecule has 0 aliphatic heterocycles. The van der Waals surface area contributed by atoms with Crippen LogP contribution in [-0.2, 0) is 19.6 Å². The fourth-order valence-electron chi connectivity index (χ4n) is 5.50. The molecule has 2 N–H and O–H groups in total. The van der Waals surface area contributed by atoms with Crippen molar-refractivity contribution >= 4 is 16.1 Å². The monoisotopic (exact) mass is 374 g/mol. The van der Waals surface area contributed by atoms with E-state index in [1.54, 1.807) is 0 Å². The number of alkyl halides is 4. The van der Waals surface area contributed by atoms with Gasteiger partial charge in [-0.2, -0.15) is 21.6 Å². The first kappa shape index (κ1) is 16.5. The van der Waals surface area contributed by atoms with E-state index in [1.807, 2.05) is 0 Å². The Bertz CT molecular complexity index is 752. The Balaban J connectivity index is 1.66. The summed E-state index contributed by atoms with van der Waals surface area (Å²) in [5.74, 6) is -2.52. The first-order valence-electron chi connectivity index (χ1n) is 7.38. The van der Waals surface area contributed by atoms with Gasteiger partial charge in [0.15, 0.2) is 0 Å². The third-order valence-corrected chi connectivity index (χ3v) is 7.52. The van der Waals surface area contributed by atoms with Gasteiger partial charge in [0.25, 0.3) is 0 Å². The minimum atomic E-state index is -6.44. The highest BCUT2D eigenvalue weighted by molar-refractivity contribution is 7.88. The molecule has 0 aromatic carbocycles. The maximum Gasteiger partial charge on any atom is 0.451 e. The number of carbonyl (C=O) groups excluding carboxylic acids is 1. The second kappa shape index (κ2) is 3.90. The Hall–Kier alpha value is -0.940. The van der Waals surface area contributed by atoms with E-state index in [-0.39, 0.29) is 24.7 Å². The lowest BCUT2D eigenvalue weighted by Gasteiger charge is -2.46. The van der Waals surface area contributed by atoms with Crippen molar-refractivity contribution in [1.82, 2.24) is 0 Å². The molecule has 4 aliphatic rings. The number of ether oxygens (including phenoxy) is 1. The van der Waals surface area contributed by atoms with Gasteiger partial charge < -0.3 is 9.84 Å². The van der Waals surface area contributed by atoms with Gasteiger partial charge in [-0.25, -0.2) is 9.18 Å². The van der Waals surface area contributed by atoms with Gasteiger partial charge in [-0.15, -0.1) is 0 Å². The average Bonchev–Trinajstić information content (AvgIpc) is 2.96. The molecule has 4 fully saturated rings. The highest BCUT2D eigenvalue weighted by atomic mass is 32.2. The predicted octanol–water partition coefficient (Wildman–Crippen LogP) is 1.34. The van der Waals surface area contributed by atoms with Crippen molar-refractivity contribution in [2.45, 2.75) is 54.5 Å². The lowest BCUT2D eigenvalue weighted by molar-refractivity contribution is -0.224. The van der Waals surface area contributed by atoms with Gasteiger partial charge in [0.05, 0.1) is 5.60 Å². The summed E-state index contributed by atoms with van der Waals surface area (Å²) in [6.07, 6.45) is -4.72. The number of hydrogen-bond donors (Lipinski definition) is 2. The van der Waals surface area contributed by atoms with Crippen LogP contribution >= 0.6 is 0 Å². The molecule has 6 nitrogen and oxygen atoms in total. The minimum absolute atomic E-state index is 0.0188. The second-order valence-corrected chi connectivity index (χ2v) is 9.18. The Labute approximate surface area is 133 Å². The van der Waals surface area contributed by atoms with Crippen molar-refractivity contribution in [3.8, 4) is 0 Å². The quantitative estimate of drug-likeness (QED) is 0.439. The molecule has 136 valence electrons. The largest absolute Gasteiger partial charge is 0.455 e. The summed E-state index contributed by atoms with van der Waals surface area (Å²) >= 11 is 0. The van der Waals surface area contributed by atoms with Crippen molar-refractivity contribution in [2.24, 2.45) is 17.3 Å². The van der Waals surface area contributed by atoms with Crippen LogP contribution in [0.1, 0.15) is 32.1 Å². The van der Waals surface area contributed by atoms with Crippen LogP contribution < -0.4 is 0 Å². The molecule has 4 saturated carbocycles. The molecule has 6 atom stereocenters. The van der Waals surface area contributed by atoms with E-state index in [4.69, 9.17) is 9.29 Å². The predicted molar refractivity (Wildman–Crippen MR) is 67.7 cm³/mol. The fraction of sp³-hybridized carbons (Fsp3) is 0.923. The number of aliphatic hydroxyl groups is 1. The van der Waals surface area contributed by atoms with Crippen molar-refractivity contribution in [3.05, 3.63) is 0 Å². The molecule has 24 heavy (non-hydrogen) atoms. The first-order chi connectivity index (χ1) is 10.7. The third kappa shape index (κ3) is 1.63. The third-order valence-electron chi connectivity index (χ3n) is 6.42. The van der Waals surface area contributed by atoms with Crippen LogP contribution in [0.25, 0.3) is 0 Å². The molecule has 0 aromatic heterocycles. The van der Waals surface area contributed by atoms with Crippen LogP contribution in [0.4, 0.5) is 17.6 Å². The van der Waals surface area contributed by atoms with Crippen LogP contribution in [0.5, 0.6) is 0 Å². The zero-order chi connectivity index (χ0) is 18.0. The Morgan fingerprint density at radius 1 is 1.12 bits per heavy atom. The standard InChI is InChI=1S/C13H14F4O6S/c14-12(13(15,16)17,24(20,21)22)8(18)23-11-4-9(19)1-6-2-10(11,5-11)7(6)3-9/h6-7,19H,1-5H2,(H,20,21,22). The van der Waals surface area contributed by atoms with Crippen molar-refractivity contribution in [3.63, 3.8) is 0 Å². The second-order valence-electron chi connectivity index (χ2n) is 7.66. The van der Waals surface area contributed by atoms with Gasteiger partial charge >= 0.3 is 27.3 Å². The van der Waals surface area contributed by atoms with E-state index in [1.165, 1.54) is 0 Å². The molecule has 0 radical (unpaired) electrons. The number of esters is 1. The van der Waals surface area contributed by atoms with Crippen LogP contribution in [0.3, 0.4) is 0 Å². The van der Waals surface area contributed by atoms with Crippen LogP contribution in [0.15, 0.2) is 0 Å². The van der Waals surface area contributed by atoms with Crippen LogP contribution in [0.2, 0.25) is 0 Å².